The number of ether oxygens (including phenoxy) is 1. The van der Waals surface area contributed by atoms with Gasteiger partial charge in [-0.2, -0.15) is 0 Å². The lowest BCUT2D eigenvalue weighted by atomic mass is 9.99. The maximum absolute atomic E-state index is 13.3. The maximum atomic E-state index is 13.3. The zero-order valence-electron chi connectivity index (χ0n) is 18.0. The molecular weight excluding hydrogens is 406 g/mol. The van der Waals surface area contributed by atoms with Crippen molar-refractivity contribution in [3.8, 4) is 0 Å². The number of para-hydroxylation sites is 1. The minimum absolute atomic E-state index is 0.00834. The van der Waals surface area contributed by atoms with Crippen molar-refractivity contribution < 1.29 is 14.3 Å². The number of likely N-dealkylation sites (tertiary alicyclic amines) is 1. The van der Waals surface area contributed by atoms with Gasteiger partial charge in [-0.1, -0.05) is 18.2 Å². The molecule has 2 aromatic heterocycles. The molecule has 2 saturated heterocycles. The van der Waals surface area contributed by atoms with Gasteiger partial charge in [0.2, 0.25) is 0 Å². The molecule has 0 bridgehead atoms. The molecule has 0 radical (unpaired) electrons. The van der Waals surface area contributed by atoms with Crippen molar-refractivity contribution in [1.29, 1.82) is 0 Å². The molecule has 3 aromatic rings. The first-order chi connectivity index (χ1) is 15.6. The molecule has 1 unspecified atom stereocenters. The second-order valence-electron chi connectivity index (χ2n) is 8.30. The summed E-state index contributed by atoms with van der Waals surface area (Å²) in [6.07, 6.45) is 3.93. The van der Waals surface area contributed by atoms with Crippen molar-refractivity contribution in [2.45, 2.75) is 19.3 Å². The molecule has 2 amide bonds. The summed E-state index contributed by atoms with van der Waals surface area (Å²) in [5.74, 6) is -0.0439. The van der Waals surface area contributed by atoms with E-state index in [9.17, 15) is 9.59 Å². The SMILES string of the molecule is Cc1cnc(C(=O)N2CCC(c3cc(C(=O)N4CCOCC4)c4ccccc4n3)C2)cn1. The fourth-order valence-corrected chi connectivity index (χ4v) is 4.37. The van der Waals surface area contributed by atoms with E-state index in [4.69, 9.17) is 9.72 Å². The Morgan fingerprint density at radius 2 is 1.81 bits per heavy atom. The Morgan fingerprint density at radius 3 is 2.59 bits per heavy atom. The summed E-state index contributed by atoms with van der Waals surface area (Å²) in [6.45, 7) is 5.31. The van der Waals surface area contributed by atoms with E-state index in [1.165, 1.54) is 6.20 Å². The predicted octanol–water partition coefficient (Wildman–Crippen LogP) is 2.44. The lowest BCUT2D eigenvalue weighted by molar-refractivity contribution is 0.0304. The molecule has 0 N–H and O–H groups in total. The summed E-state index contributed by atoms with van der Waals surface area (Å²) in [5.41, 5.74) is 3.45. The van der Waals surface area contributed by atoms with Crippen LogP contribution in [0.3, 0.4) is 0 Å². The first-order valence-corrected chi connectivity index (χ1v) is 10.9. The van der Waals surface area contributed by atoms with Crippen LogP contribution in [0.1, 0.15) is 44.6 Å². The Bertz CT molecular complexity index is 1160. The lowest BCUT2D eigenvalue weighted by Gasteiger charge is -2.27. The zero-order valence-corrected chi connectivity index (χ0v) is 18.0. The largest absolute Gasteiger partial charge is 0.378 e. The zero-order chi connectivity index (χ0) is 22.1. The molecule has 2 aliphatic heterocycles. The van der Waals surface area contributed by atoms with Gasteiger partial charge >= 0.3 is 0 Å². The van der Waals surface area contributed by atoms with Gasteiger partial charge in [-0.3, -0.25) is 19.6 Å². The number of benzene rings is 1. The smallest absolute Gasteiger partial charge is 0.274 e. The minimum atomic E-state index is -0.120. The molecule has 1 aromatic carbocycles. The van der Waals surface area contributed by atoms with E-state index in [1.54, 1.807) is 11.1 Å². The van der Waals surface area contributed by atoms with E-state index < -0.39 is 0 Å². The monoisotopic (exact) mass is 431 g/mol. The van der Waals surface area contributed by atoms with Gasteiger partial charge in [0.1, 0.15) is 5.69 Å². The van der Waals surface area contributed by atoms with Crippen LogP contribution in [0.25, 0.3) is 10.9 Å². The lowest BCUT2D eigenvalue weighted by Crippen LogP contribution is -2.40. The third-order valence-corrected chi connectivity index (χ3v) is 6.16. The molecule has 2 fully saturated rings. The van der Waals surface area contributed by atoms with E-state index in [1.807, 2.05) is 42.2 Å². The van der Waals surface area contributed by atoms with Crippen LogP contribution in [0.5, 0.6) is 0 Å². The number of pyridine rings is 1. The standard InChI is InChI=1S/C24H25N5O3/c1-16-13-26-22(14-25-16)24(31)29-7-6-17(15-29)21-12-19(18-4-2-3-5-20(18)27-21)23(30)28-8-10-32-11-9-28/h2-5,12-14,17H,6-11,15H2,1H3. The highest BCUT2D eigenvalue weighted by molar-refractivity contribution is 6.06. The van der Waals surface area contributed by atoms with Crippen molar-refractivity contribution in [1.82, 2.24) is 24.8 Å². The molecule has 8 nitrogen and oxygen atoms in total. The Balaban J connectivity index is 1.42. The van der Waals surface area contributed by atoms with Crippen LogP contribution < -0.4 is 0 Å². The van der Waals surface area contributed by atoms with Crippen LogP contribution in [0.4, 0.5) is 0 Å². The van der Waals surface area contributed by atoms with E-state index >= 15 is 0 Å². The maximum Gasteiger partial charge on any atom is 0.274 e. The average molecular weight is 431 g/mol. The number of fused-ring (bicyclic) bond motifs is 1. The van der Waals surface area contributed by atoms with Crippen molar-refractivity contribution in [2.75, 3.05) is 39.4 Å². The number of hydrogen-bond donors (Lipinski definition) is 0. The predicted molar refractivity (Wildman–Crippen MR) is 118 cm³/mol. The fraction of sp³-hybridized carbons (Fsp3) is 0.375. The summed E-state index contributed by atoms with van der Waals surface area (Å²) in [7, 11) is 0. The number of aryl methyl sites for hydroxylation is 1. The normalized spacial score (nSPS) is 18.8. The van der Waals surface area contributed by atoms with Crippen LogP contribution in [0.15, 0.2) is 42.7 Å². The molecule has 0 aliphatic carbocycles. The van der Waals surface area contributed by atoms with Gasteiger partial charge in [-0.15, -0.1) is 0 Å². The van der Waals surface area contributed by atoms with Crippen molar-refractivity contribution in [3.05, 3.63) is 65.4 Å². The number of nitrogens with zero attached hydrogens (tertiary/aromatic N) is 5. The second-order valence-corrected chi connectivity index (χ2v) is 8.30. The number of rotatable bonds is 3. The number of carbonyl (C=O) groups excluding carboxylic acids is 2. The Morgan fingerprint density at radius 1 is 1.00 bits per heavy atom. The number of hydrogen-bond acceptors (Lipinski definition) is 6. The molecule has 5 rings (SSSR count). The van der Waals surface area contributed by atoms with Gasteiger partial charge in [0, 0.05) is 49.4 Å². The van der Waals surface area contributed by atoms with Crippen LogP contribution in [0, 0.1) is 6.92 Å². The molecule has 0 spiro atoms. The van der Waals surface area contributed by atoms with Gasteiger partial charge in [-0.25, -0.2) is 4.98 Å². The highest BCUT2D eigenvalue weighted by Gasteiger charge is 2.31. The summed E-state index contributed by atoms with van der Waals surface area (Å²) >= 11 is 0. The van der Waals surface area contributed by atoms with E-state index in [0.29, 0.717) is 50.7 Å². The molecular formula is C24H25N5O3. The Kier molecular flexibility index (Phi) is 5.53. The van der Waals surface area contributed by atoms with Crippen molar-refractivity contribution in [2.24, 2.45) is 0 Å². The molecule has 164 valence electrons. The molecule has 2 aliphatic rings. The highest BCUT2D eigenvalue weighted by Crippen LogP contribution is 2.30. The second kappa shape index (κ2) is 8.63. The van der Waals surface area contributed by atoms with E-state index in [0.717, 1.165) is 28.7 Å². The minimum Gasteiger partial charge on any atom is -0.378 e. The number of morpholine rings is 1. The number of amides is 2. The van der Waals surface area contributed by atoms with Crippen LogP contribution in [0.2, 0.25) is 0 Å². The van der Waals surface area contributed by atoms with Crippen LogP contribution in [-0.4, -0.2) is 76.0 Å². The van der Waals surface area contributed by atoms with Gasteiger partial charge < -0.3 is 14.5 Å². The number of carbonyl (C=O) groups is 2. The Labute approximate surface area is 186 Å². The molecule has 0 saturated carbocycles. The highest BCUT2D eigenvalue weighted by atomic mass is 16.5. The summed E-state index contributed by atoms with van der Waals surface area (Å²) in [6, 6.07) is 9.67. The molecule has 1 atom stereocenters. The average Bonchev–Trinajstić information content (AvgIpc) is 3.34. The summed E-state index contributed by atoms with van der Waals surface area (Å²) in [4.78, 5) is 43.1. The topological polar surface area (TPSA) is 88.5 Å². The van der Waals surface area contributed by atoms with Crippen molar-refractivity contribution >= 4 is 22.7 Å². The van der Waals surface area contributed by atoms with Crippen LogP contribution >= 0.6 is 0 Å². The van der Waals surface area contributed by atoms with Gasteiger partial charge in [0.25, 0.3) is 11.8 Å². The van der Waals surface area contributed by atoms with Gasteiger partial charge in [-0.05, 0) is 25.5 Å². The first kappa shape index (κ1) is 20.5. The fourth-order valence-electron chi connectivity index (χ4n) is 4.37. The summed E-state index contributed by atoms with van der Waals surface area (Å²) in [5, 5.41) is 0.855. The Hall–Kier alpha value is -3.39. The van der Waals surface area contributed by atoms with Gasteiger partial charge in [0.15, 0.2) is 0 Å². The number of aromatic nitrogens is 3. The molecule has 8 heteroatoms. The molecule has 4 heterocycles. The van der Waals surface area contributed by atoms with E-state index in [-0.39, 0.29) is 17.7 Å². The third-order valence-electron chi connectivity index (χ3n) is 6.16. The van der Waals surface area contributed by atoms with E-state index in [2.05, 4.69) is 9.97 Å². The first-order valence-electron chi connectivity index (χ1n) is 10.9. The van der Waals surface area contributed by atoms with Gasteiger partial charge in [0.05, 0.1) is 36.2 Å². The quantitative estimate of drug-likeness (QED) is 0.633. The summed E-state index contributed by atoms with van der Waals surface area (Å²) < 4.78 is 5.40. The van der Waals surface area contributed by atoms with Crippen LogP contribution in [-0.2, 0) is 4.74 Å². The van der Waals surface area contributed by atoms with Crippen molar-refractivity contribution in [3.63, 3.8) is 0 Å². The third kappa shape index (κ3) is 3.93. The molecule has 32 heavy (non-hydrogen) atoms.